The lowest BCUT2D eigenvalue weighted by atomic mass is 10.0. The molecule has 0 bridgehead atoms. The molecule has 1 saturated heterocycles. The first-order chi connectivity index (χ1) is 12.0. The molecule has 2 aliphatic heterocycles. The van der Waals surface area contributed by atoms with Crippen LogP contribution in [-0.2, 0) is 9.59 Å². The molecule has 2 heterocycles. The van der Waals surface area contributed by atoms with Crippen LogP contribution in [0.5, 0.6) is 5.75 Å². The third-order valence-corrected chi connectivity index (χ3v) is 4.86. The predicted molar refractivity (Wildman–Crippen MR) is 94.1 cm³/mol. The minimum Gasteiger partial charge on any atom is -0.493 e. The Kier molecular flexibility index (Phi) is 5.27. The fraction of sp³-hybridized carbons (Fsp3) is 0.471. The van der Waals surface area contributed by atoms with E-state index in [1.807, 2.05) is 18.2 Å². The number of benzene rings is 1. The highest BCUT2D eigenvalue weighted by atomic mass is 79.9. The number of ether oxygens (including phenoxy) is 1. The van der Waals surface area contributed by atoms with Gasteiger partial charge in [-0.2, -0.15) is 0 Å². The quantitative estimate of drug-likeness (QED) is 0.754. The van der Waals surface area contributed by atoms with Crippen LogP contribution in [0.1, 0.15) is 30.9 Å². The van der Waals surface area contributed by atoms with Crippen molar-refractivity contribution in [2.75, 3.05) is 26.7 Å². The lowest BCUT2D eigenvalue weighted by Gasteiger charge is -2.27. The Morgan fingerprint density at radius 3 is 2.92 bits per heavy atom. The highest BCUT2D eigenvalue weighted by molar-refractivity contribution is 9.10. The van der Waals surface area contributed by atoms with Gasteiger partial charge >= 0.3 is 6.03 Å². The molecule has 7 nitrogen and oxygen atoms in total. The zero-order chi connectivity index (χ0) is 18.0. The molecular formula is C17H20BrN3O4. The van der Waals surface area contributed by atoms with Crippen molar-refractivity contribution >= 4 is 33.8 Å². The highest BCUT2D eigenvalue weighted by Gasteiger charge is 2.33. The molecule has 1 aromatic carbocycles. The number of halogens is 1. The van der Waals surface area contributed by atoms with Gasteiger partial charge in [0.15, 0.2) is 0 Å². The second-order valence-corrected chi connectivity index (χ2v) is 7.14. The maximum absolute atomic E-state index is 12.2. The molecule has 25 heavy (non-hydrogen) atoms. The Morgan fingerprint density at radius 1 is 1.40 bits per heavy atom. The van der Waals surface area contributed by atoms with E-state index in [0.29, 0.717) is 19.4 Å². The summed E-state index contributed by atoms with van der Waals surface area (Å²) < 4.78 is 6.55. The van der Waals surface area contributed by atoms with Crippen LogP contribution in [0.25, 0.3) is 0 Å². The average molecular weight is 410 g/mol. The Morgan fingerprint density at radius 2 is 2.20 bits per heavy atom. The number of fused-ring (bicyclic) bond motifs is 1. The van der Waals surface area contributed by atoms with Gasteiger partial charge in [0.05, 0.1) is 12.6 Å². The number of rotatable bonds is 5. The summed E-state index contributed by atoms with van der Waals surface area (Å²) in [7, 11) is 1.59. The smallest absolute Gasteiger partial charge is 0.326 e. The van der Waals surface area contributed by atoms with Gasteiger partial charge in [0, 0.05) is 36.5 Å². The van der Waals surface area contributed by atoms with Crippen molar-refractivity contribution in [1.29, 1.82) is 0 Å². The van der Waals surface area contributed by atoms with Gasteiger partial charge in [-0.3, -0.25) is 14.5 Å². The Balaban J connectivity index is 1.52. The third kappa shape index (κ3) is 3.95. The van der Waals surface area contributed by atoms with Gasteiger partial charge < -0.3 is 15.0 Å². The van der Waals surface area contributed by atoms with Gasteiger partial charge in [-0.05, 0) is 24.6 Å². The van der Waals surface area contributed by atoms with Crippen molar-refractivity contribution in [3.63, 3.8) is 0 Å². The second-order valence-electron chi connectivity index (χ2n) is 6.23. The molecule has 3 rings (SSSR count). The van der Waals surface area contributed by atoms with Gasteiger partial charge in [-0.25, -0.2) is 4.79 Å². The van der Waals surface area contributed by atoms with Crippen molar-refractivity contribution in [1.82, 2.24) is 15.1 Å². The number of nitrogens with one attached hydrogen (secondary N) is 1. The van der Waals surface area contributed by atoms with E-state index >= 15 is 0 Å². The molecule has 134 valence electrons. The molecule has 1 aromatic rings. The predicted octanol–water partition coefficient (Wildman–Crippen LogP) is 2.06. The van der Waals surface area contributed by atoms with Gasteiger partial charge in [0.2, 0.25) is 11.8 Å². The molecule has 0 aliphatic carbocycles. The van der Waals surface area contributed by atoms with Gasteiger partial charge in [-0.15, -0.1) is 0 Å². The molecule has 2 aliphatic rings. The van der Waals surface area contributed by atoms with Crippen LogP contribution in [0, 0.1) is 0 Å². The second kappa shape index (κ2) is 7.43. The maximum atomic E-state index is 12.2. The summed E-state index contributed by atoms with van der Waals surface area (Å²) >= 11 is 3.44. The number of hydrogen-bond donors (Lipinski definition) is 1. The summed E-state index contributed by atoms with van der Waals surface area (Å²) in [6.45, 7) is 0.937. The van der Waals surface area contributed by atoms with Crippen LogP contribution in [0.15, 0.2) is 22.7 Å². The number of carbonyl (C=O) groups excluding carboxylic acids is 3. The van der Waals surface area contributed by atoms with Crippen molar-refractivity contribution in [2.24, 2.45) is 0 Å². The number of amides is 4. The number of likely N-dealkylation sites (N-methyl/N-ethyl adjacent to an activating group) is 1. The normalized spacial score (nSPS) is 19.7. The Bertz CT molecular complexity index is 709. The average Bonchev–Trinajstić information content (AvgIpc) is 2.81. The van der Waals surface area contributed by atoms with Gasteiger partial charge in [0.1, 0.15) is 12.3 Å². The monoisotopic (exact) mass is 409 g/mol. The summed E-state index contributed by atoms with van der Waals surface area (Å²) in [5.41, 5.74) is 0.959. The molecule has 1 fully saturated rings. The lowest BCUT2D eigenvalue weighted by Crippen LogP contribution is -2.35. The third-order valence-electron chi connectivity index (χ3n) is 4.36. The van der Waals surface area contributed by atoms with Crippen LogP contribution in [-0.4, -0.2) is 54.4 Å². The van der Waals surface area contributed by atoms with Crippen LogP contribution in [0.2, 0.25) is 0 Å². The minimum atomic E-state index is -0.298. The Hall–Kier alpha value is -2.09. The lowest BCUT2D eigenvalue weighted by molar-refractivity contribution is -0.126. The molecule has 8 heteroatoms. The van der Waals surface area contributed by atoms with Crippen LogP contribution < -0.4 is 10.1 Å². The van der Waals surface area contributed by atoms with Crippen LogP contribution >= 0.6 is 15.9 Å². The standard InChI is InChI=1S/C17H20BrN3O4/c1-20-10-16(23)21(17(20)24)7-2-3-15(22)19-13-6-8-25-14-5-4-11(18)9-12(13)14/h4-5,9,13H,2-3,6-8,10H2,1H3,(H,19,22). The van der Waals surface area contributed by atoms with Gasteiger partial charge in [0.25, 0.3) is 0 Å². The molecule has 0 aromatic heterocycles. The molecular weight excluding hydrogens is 390 g/mol. The van der Waals surface area contributed by atoms with E-state index in [1.165, 1.54) is 9.80 Å². The molecule has 0 spiro atoms. The first-order valence-corrected chi connectivity index (χ1v) is 9.02. The highest BCUT2D eigenvalue weighted by Crippen LogP contribution is 2.34. The summed E-state index contributed by atoms with van der Waals surface area (Å²) in [6.07, 6.45) is 1.43. The first kappa shape index (κ1) is 17.7. The number of carbonyl (C=O) groups is 3. The van der Waals surface area contributed by atoms with E-state index in [0.717, 1.165) is 15.8 Å². The number of hydrogen-bond acceptors (Lipinski definition) is 4. The molecule has 1 unspecified atom stereocenters. The fourth-order valence-electron chi connectivity index (χ4n) is 3.07. The van der Waals surface area contributed by atoms with Crippen molar-refractivity contribution in [3.05, 3.63) is 28.2 Å². The summed E-state index contributed by atoms with van der Waals surface area (Å²) in [5, 5.41) is 3.02. The molecule has 0 radical (unpaired) electrons. The van der Waals surface area contributed by atoms with E-state index in [-0.39, 0.29) is 43.4 Å². The summed E-state index contributed by atoms with van der Waals surface area (Å²) in [5.74, 6) is 0.484. The van der Waals surface area contributed by atoms with E-state index in [1.54, 1.807) is 7.05 Å². The SMILES string of the molecule is CN1CC(=O)N(CCCC(=O)NC2CCOc3ccc(Br)cc32)C1=O. The fourth-order valence-corrected chi connectivity index (χ4v) is 3.45. The van der Waals surface area contributed by atoms with Crippen LogP contribution in [0.4, 0.5) is 4.79 Å². The summed E-state index contributed by atoms with van der Waals surface area (Å²) in [4.78, 5) is 38.3. The van der Waals surface area contributed by atoms with Crippen molar-refractivity contribution in [2.45, 2.75) is 25.3 Å². The zero-order valence-electron chi connectivity index (χ0n) is 14.0. The van der Waals surface area contributed by atoms with E-state index in [9.17, 15) is 14.4 Å². The summed E-state index contributed by atoms with van der Waals surface area (Å²) in [6, 6.07) is 5.36. The maximum Gasteiger partial charge on any atom is 0.326 e. The largest absolute Gasteiger partial charge is 0.493 e. The Labute approximate surface area is 154 Å². The van der Waals surface area contributed by atoms with E-state index in [2.05, 4.69) is 21.2 Å². The minimum absolute atomic E-state index is 0.0880. The van der Waals surface area contributed by atoms with Crippen molar-refractivity contribution in [3.8, 4) is 5.75 Å². The number of urea groups is 1. The van der Waals surface area contributed by atoms with E-state index in [4.69, 9.17) is 4.74 Å². The van der Waals surface area contributed by atoms with Crippen LogP contribution in [0.3, 0.4) is 0 Å². The number of imide groups is 1. The number of nitrogens with zero attached hydrogens (tertiary/aromatic N) is 2. The topological polar surface area (TPSA) is 79.0 Å². The molecule has 4 amide bonds. The van der Waals surface area contributed by atoms with Gasteiger partial charge in [-0.1, -0.05) is 15.9 Å². The van der Waals surface area contributed by atoms with Crippen molar-refractivity contribution < 1.29 is 19.1 Å². The molecule has 0 saturated carbocycles. The zero-order valence-corrected chi connectivity index (χ0v) is 15.5. The first-order valence-electron chi connectivity index (χ1n) is 8.23. The van der Waals surface area contributed by atoms with E-state index < -0.39 is 0 Å². The molecule has 1 atom stereocenters. The molecule has 1 N–H and O–H groups in total.